The van der Waals surface area contributed by atoms with E-state index in [9.17, 15) is 14.9 Å². The average Bonchev–Trinajstić information content (AvgIpc) is 3.07. The van der Waals surface area contributed by atoms with Crippen LogP contribution in [0.2, 0.25) is 0 Å². The number of rotatable bonds is 8. The molecule has 2 heterocycles. The number of nitriles is 1. The van der Waals surface area contributed by atoms with E-state index in [1.807, 2.05) is 13.8 Å². The van der Waals surface area contributed by atoms with Crippen molar-refractivity contribution in [3.8, 4) is 11.8 Å². The second-order valence-electron chi connectivity index (χ2n) is 8.53. The summed E-state index contributed by atoms with van der Waals surface area (Å²) in [6.07, 6.45) is 5.10. The lowest BCUT2D eigenvalue weighted by Gasteiger charge is -2.46. The highest BCUT2D eigenvalue weighted by Gasteiger charge is 2.50. The summed E-state index contributed by atoms with van der Waals surface area (Å²) < 4.78 is 17.6. The monoisotopic (exact) mass is 426 g/mol. The molecule has 0 unspecified atom stereocenters. The molecule has 1 aromatic carbocycles. The van der Waals surface area contributed by atoms with Crippen LogP contribution in [0.5, 0.6) is 5.75 Å². The highest BCUT2D eigenvalue weighted by atomic mass is 16.6. The largest absolute Gasteiger partial charge is 0.496 e. The van der Waals surface area contributed by atoms with Crippen molar-refractivity contribution in [2.24, 2.45) is 0 Å². The van der Waals surface area contributed by atoms with E-state index in [1.165, 1.54) is 13.0 Å². The number of ether oxygens (including phenoxy) is 3. The van der Waals surface area contributed by atoms with Gasteiger partial charge in [0.25, 0.3) is 5.91 Å². The van der Waals surface area contributed by atoms with Gasteiger partial charge in [0.1, 0.15) is 23.2 Å². The lowest BCUT2D eigenvalue weighted by atomic mass is 9.84. The summed E-state index contributed by atoms with van der Waals surface area (Å²) in [5.74, 6) is 0.500. The molecule has 0 saturated heterocycles. The molecule has 3 rings (SSSR count). The number of fused-ring (bicyclic) bond motifs is 1. The molecule has 0 spiro atoms. The molecule has 0 bridgehead atoms. The van der Waals surface area contributed by atoms with E-state index in [1.54, 1.807) is 23.1 Å². The van der Waals surface area contributed by atoms with Gasteiger partial charge in [-0.25, -0.2) is 0 Å². The number of unbranched alkanes of at least 4 members (excludes halogenated alkanes) is 3. The van der Waals surface area contributed by atoms with E-state index in [0.29, 0.717) is 29.2 Å². The molecule has 0 aliphatic carbocycles. The number of nitrogens with zero attached hydrogens (tertiary/aromatic N) is 2. The van der Waals surface area contributed by atoms with Gasteiger partial charge in [-0.05, 0) is 38.5 Å². The Hall–Kier alpha value is -3.01. The third-order valence-corrected chi connectivity index (χ3v) is 5.61. The molecule has 0 aromatic heterocycles. The smallest absolute Gasteiger partial charge is 0.303 e. The predicted octanol–water partition coefficient (Wildman–Crippen LogP) is 4.03. The summed E-state index contributed by atoms with van der Waals surface area (Å²) in [6.45, 7) is 7.99. The van der Waals surface area contributed by atoms with Gasteiger partial charge in [-0.15, -0.1) is 0 Å². The van der Waals surface area contributed by atoms with Crippen molar-refractivity contribution >= 4 is 11.9 Å². The molecule has 2 aliphatic heterocycles. The summed E-state index contributed by atoms with van der Waals surface area (Å²) in [6, 6.07) is 6.63. The van der Waals surface area contributed by atoms with Crippen LogP contribution >= 0.6 is 0 Å². The molecule has 0 saturated carbocycles. The van der Waals surface area contributed by atoms with Crippen LogP contribution in [-0.4, -0.2) is 41.6 Å². The fourth-order valence-electron chi connectivity index (χ4n) is 4.11. The molecular formula is C24H30N2O5. The molecule has 1 amide bonds. The summed E-state index contributed by atoms with van der Waals surface area (Å²) in [5, 5.41) is 9.37. The average molecular weight is 427 g/mol. The van der Waals surface area contributed by atoms with Crippen molar-refractivity contribution in [3.05, 3.63) is 41.2 Å². The molecule has 0 fully saturated rings. The van der Waals surface area contributed by atoms with E-state index in [4.69, 9.17) is 14.2 Å². The zero-order valence-electron chi connectivity index (χ0n) is 18.6. The second kappa shape index (κ2) is 9.42. The number of carbonyl (C=O) groups excluding carboxylic acids is 2. The maximum atomic E-state index is 12.9. The van der Waals surface area contributed by atoms with E-state index < -0.39 is 23.7 Å². The zero-order chi connectivity index (χ0) is 22.6. The number of carbonyl (C=O) groups is 2. The van der Waals surface area contributed by atoms with Crippen molar-refractivity contribution < 1.29 is 23.8 Å². The van der Waals surface area contributed by atoms with E-state index in [0.717, 1.165) is 25.7 Å². The third-order valence-electron chi connectivity index (χ3n) is 5.61. The van der Waals surface area contributed by atoms with E-state index in [-0.39, 0.29) is 12.5 Å². The van der Waals surface area contributed by atoms with Crippen molar-refractivity contribution in [2.75, 3.05) is 13.2 Å². The standard InChI is InChI=1S/C24H30N2O5/c1-5-6-7-8-11-29-18-13-21(28)26(15-18)22-19-12-17(14-25)9-10-20(19)31-24(3,4)23(22)30-16(2)27/h9-10,12-13,22-23H,5-8,11,15H2,1-4H3/t22-,23+/m1/s1. The van der Waals surface area contributed by atoms with Crippen LogP contribution < -0.4 is 4.74 Å². The zero-order valence-corrected chi connectivity index (χ0v) is 18.6. The highest BCUT2D eigenvalue weighted by molar-refractivity contribution is 5.91. The van der Waals surface area contributed by atoms with Crippen LogP contribution in [0, 0.1) is 11.3 Å². The quantitative estimate of drug-likeness (QED) is 0.461. The molecule has 2 atom stereocenters. The minimum Gasteiger partial charge on any atom is -0.496 e. The van der Waals surface area contributed by atoms with Gasteiger partial charge in [0.15, 0.2) is 6.10 Å². The van der Waals surface area contributed by atoms with Crippen LogP contribution in [0.3, 0.4) is 0 Å². The fourth-order valence-corrected chi connectivity index (χ4v) is 4.11. The minimum absolute atomic E-state index is 0.211. The number of esters is 1. The van der Waals surface area contributed by atoms with Gasteiger partial charge in [0.05, 0.1) is 24.8 Å². The Morgan fingerprint density at radius 1 is 1.32 bits per heavy atom. The molecular weight excluding hydrogens is 396 g/mol. The Bertz CT molecular complexity index is 915. The van der Waals surface area contributed by atoms with Crippen molar-refractivity contribution in [3.63, 3.8) is 0 Å². The lowest BCUT2D eigenvalue weighted by Crippen LogP contribution is -2.55. The van der Waals surface area contributed by atoms with Crippen LogP contribution in [-0.2, 0) is 19.1 Å². The first-order chi connectivity index (χ1) is 14.8. The Labute approximate surface area is 183 Å². The Kier molecular flexibility index (Phi) is 6.89. The summed E-state index contributed by atoms with van der Waals surface area (Å²) >= 11 is 0. The maximum Gasteiger partial charge on any atom is 0.303 e. The van der Waals surface area contributed by atoms with Gasteiger partial charge in [0.2, 0.25) is 0 Å². The molecule has 0 N–H and O–H groups in total. The molecule has 1 aromatic rings. The third kappa shape index (κ3) is 5.01. The summed E-state index contributed by atoms with van der Waals surface area (Å²) in [4.78, 5) is 26.5. The molecule has 7 nitrogen and oxygen atoms in total. The predicted molar refractivity (Wildman–Crippen MR) is 114 cm³/mol. The van der Waals surface area contributed by atoms with Crippen LogP contribution in [0.15, 0.2) is 30.0 Å². The molecule has 0 radical (unpaired) electrons. The van der Waals surface area contributed by atoms with Crippen LogP contribution in [0.1, 0.15) is 70.5 Å². The van der Waals surface area contributed by atoms with Gasteiger partial charge in [0, 0.05) is 18.6 Å². The number of hydrogen-bond acceptors (Lipinski definition) is 6. The van der Waals surface area contributed by atoms with Crippen LogP contribution in [0.25, 0.3) is 0 Å². The first-order valence-corrected chi connectivity index (χ1v) is 10.8. The number of hydrogen-bond donors (Lipinski definition) is 0. The van der Waals surface area contributed by atoms with Crippen molar-refractivity contribution in [1.82, 2.24) is 4.90 Å². The molecule has 2 aliphatic rings. The van der Waals surface area contributed by atoms with Gasteiger partial charge >= 0.3 is 5.97 Å². The van der Waals surface area contributed by atoms with Crippen molar-refractivity contribution in [1.29, 1.82) is 5.26 Å². The second-order valence-corrected chi connectivity index (χ2v) is 8.53. The van der Waals surface area contributed by atoms with Gasteiger partial charge in [-0.1, -0.05) is 26.2 Å². The topological polar surface area (TPSA) is 88.9 Å². The first kappa shape index (κ1) is 22.7. The van der Waals surface area contributed by atoms with Crippen LogP contribution in [0.4, 0.5) is 0 Å². The lowest BCUT2D eigenvalue weighted by molar-refractivity contribution is -0.171. The molecule has 166 valence electrons. The number of amides is 1. The maximum absolute atomic E-state index is 12.9. The van der Waals surface area contributed by atoms with Gasteiger partial charge in [-0.3, -0.25) is 9.59 Å². The fraction of sp³-hybridized carbons (Fsp3) is 0.542. The SMILES string of the molecule is CCCCCCOC1=CC(=O)N([C@@H]2c3cc(C#N)ccc3OC(C)(C)[C@H]2OC(C)=O)C1. The Morgan fingerprint density at radius 2 is 2.10 bits per heavy atom. The van der Waals surface area contributed by atoms with E-state index >= 15 is 0 Å². The van der Waals surface area contributed by atoms with Crippen molar-refractivity contribution in [2.45, 2.75) is 71.1 Å². The first-order valence-electron chi connectivity index (χ1n) is 10.8. The summed E-state index contributed by atoms with van der Waals surface area (Å²) in [7, 11) is 0. The number of benzene rings is 1. The Morgan fingerprint density at radius 3 is 2.77 bits per heavy atom. The van der Waals surface area contributed by atoms with Gasteiger partial charge < -0.3 is 19.1 Å². The minimum atomic E-state index is -0.873. The van der Waals surface area contributed by atoms with Gasteiger partial charge in [-0.2, -0.15) is 5.26 Å². The normalized spacial score (nSPS) is 21.6. The highest BCUT2D eigenvalue weighted by Crippen LogP contribution is 2.45. The summed E-state index contributed by atoms with van der Waals surface area (Å²) in [5.41, 5.74) is 0.220. The molecule has 7 heteroatoms. The Balaban J connectivity index is 1.88. The molecule has 31 heavy (non-hydrogen) atoms. The van der Waals surface area contributed by atoms with E-state index in [2.05, 4.69) is 13.0 Å².